The van der Waals surface area contributed by atoms with Crippen LogP contribution in [0.5, 0.6) is 0 Å². The third-order valence-corrected chi connectivity index (χ3v) is 4.91. The molecule has 2 rings (SSSR count). The monoisotopic (exact) mass is 271 g/mol. The van der Waals surface area contributed by atoms with Crippen molar-refractivity contribution in [2.24, 2.45) is 5.73 Å². The summed E-state index contributed by atoms with van der Waals surface area (Å²) in [4.78, 5) is 26.6. The molecule has 4 N–H and O–H groups in total. The first kappa shape index (κ1) is 13.2. The van der Waals surface area contributed by atoms with Crippen LogP contribution in [0.1, 0.15) is 12.8 Å². The lowest BCUT2D eigenvalue weighted by molar-refractivity contribution is 0.453. The second kappa shape index (κ2) is 5.15. The first-order valence-corrected chi connectivity index (χ1v) is 7.02. The van der Waals surface area contributed by atoms with E-state index in [1.807, 2.05) is 4.90 Å². The summed E-state index contributed by atoms with van der Waals surface area (Å²) in [5, 5.41) is 6.06. The maximum Gasteiger partial charge on any atom is 0.342 e. The van der Waals surface area contributed by atoms with E-state index in [0.717, 1.165) is 25.9 Å². The Bertz CT molecular complexity index is 511. The lowest BCUT2D eigenvalue weighted by atomic mass is 9.96. The van der Waals surface area contributed by atoms with Crippen molar-refractivity contribution in [3.05, 3.63) is 20.8 Å². The second-order valence-corrected chi connectivity index (χ2v) is 5.68. The number of aromatic nitrogens is 3. The first-order valence-electron chi connectivity index (χ1n) is 5.79. The molecule has 0 bridgehead atoms. The SMILES string of the molecule is CSC1(CN)CCN(c2n[nH]c(=O)[nH]c2=O)CC1. The smallest absolute Gasteiger partial charge is 0.342 e. The number of nitrogens with two attached hydrogens (primary N) is 1. The molecule has 0 saturated carbocycles. The number of hydrogen-bond acceptors (Lipinski definition) is 6. The van der Waals surface area contributed by atoms with Crippen LogP contribution in [0.3, 0.4) is 0 Å². The molecule has 2 heterocycles. The number of anilines is 1. The summed E-state index contributed by atoms with van der Waals surface area (Å²) < 4.78 is 0.103. The Morgan fingerprint density at radius 3 is 2.61 bits per heavy atom. The fourth-order valence-corrected chi connectivity index (χ4v) is 2.93. The maximum atomic E-state index is 11.6. The van der Waals surface area contributed by atoms with Gasteiger partial charge in [-0.25, -0.2) is 9.89 Å². The summed E-state index contributed by atoms with van der Waals surface area (Å²) in [5.74, 6) is 0.279. The molecular weight excluding hydrogens is 254 g/mol. The molecule has 100 valence electrons. The summed E-state index contributed by atoms with van der Waals surface area (Å²) in [5.41, 5.74) is 4.79. The van der Waals surface area contributed by atoms with Gasteiger partial charge in [0.2, 0.25) is 5.82 Å². The van der Waals surface area contributed by atoms with E-state index in [4.69, 9.17) is 5.73 Å². The van der Waals surface area contributed by atoms with Crippen LogP contribution >= 0.6 is 11.8 Å². The van der Waals surface area contributed by atoms with Gasteiger partial charge in [-0.05, 0) is 19.1 Å². The molecule has 0 unspecified atom stereocenters. The van der Waals surface area contributed by atoms with Gasteiger partial charge >= 0.3 is 5.69 Å². The number of nitrogens with zero attached hydrogens (tertiary/aromatic N) is 2. The van der Waals surface area contributed by atoms with Gasteiger partial charge < -0.3 is 10.6 Å². The average Bonchev–Trinajstić information content (AvgIpc) is 2.39. The van der Waals surface area contributed by atoms with Crippen molar-refractivity contribution >= 4 is 17.6 Å². The van der Waals surface area contributed by atoms with E-state index >= 15 is 0 Å². The molecule has 7 nitrogen and oxygen atoms in total. The number of hydrogen-bond donors (Lipinski definition) is 3. The lowest BCUT2D eigenvalue weighted by Crippen LogP contribution is -2.48. The molecule has 1 aliphatic heterocycles. The fourth-order valence-electron chi connectivity index (χ4n) is 2.17. The lowest BCUT2D eigenvalue weighted by Gasteiger charge is -2.40. The van der Waals surface area contributed by atoms with Crippen LogP contribution in [0.15, 0.2) is 9.59 Å². The first-order chi connectivity index (χ1) is 8.60. The molecule has 18 heavy (non-hydrogen) atoms. The summed E-state index contributed by atoms with van der Waals surface area (Å²) in [6.07, 6.45) is 3.88. The van der Waals surface area contributed by atoms with E-state index in [2.05, 4.69) is 21.4 Å². The second-order valence-electron chi connectivity index (χ2n) is 4.41. The minimum Gasteiger partial charge on any atom is -0.351 e. The van der Waals surface area contributed by atoms with Gasteiger partial charge in [-0.15, -0.1) is 5.10 Å². The minimum absolute atomic E-state index is 0.103. The van der Waals surface area contributed by atoms with E-state index < -0.39 is 11.2 Å². The fraction of sp³-hybridized carbons (Fsp3) is 0.700. The van der Waals surface area contributed by atoms with Crippen LogP contribution in [0.4, 0.5) is 5.82 Å². The molecule has 1 aliphatic rings. The number of nitrogens with one attached hydrogen (secondary N) is 2. The summed E-state index contributed by atoms with van der Waals surface area (Å²) in [6.45, 7) is 2.08. The van der Waals surface area contributed by atoms with Gasteiger partial charge in [0.25, 0.3) is 5.56 Å². The van der Waals surface area contributed by atoms with Gasteiger partial charge in [0.15, 0.2) is 0 Å². The Kier molecular flexibility index (Phi) is 3.76. The Labute approximate surface area is 108 Å². The Morgan fingerprint density at radius 1 is 1.44 bits per heavy atom. The summed E-state index contributed by atoms with van der Waals surface area (Å²) in [6, 6.07) is 0. The van der Waals surface area contributed by atoms with Crippen LogP contribution in [-0.4, -0.2) is 45.8 Å². The largest absolute Gasteiger partial charge is 0.351 e. The Balaban J connectivity index is 2.14. The van der Waals surface area contributed by atoms with E-state index in [1.165, 1.54) is 0 Å². The normalized spacial score (nSPS) is 18.9. The van der Waals surface area contributed by atoms with Gasteiger partial charge in [0.1, 0.15) is 0 Å². The van der Waals surface area contributed by atoms with Crippen LogP contribution in [0.25, 0.3) is 0 Å². The van der Waals surface area contributed by atoms with Crippen LogP contribution in [0.2, 0.25) is 0 Å². The number of piperidine rings is 1. The van der Waals surface area contributed by atoms with Crippen LogP contribution < -0.4 is 21.9 Å². The predicted octanol–water partition coefficient (Wildman–Crippen LogP) is -0.881. The highest BCUT2D eigenvalue weighted by Crippen LogP contribution is 2.33. The van der Waals surface area contributed by atoms with E-state index in [-0.39, 0.29) is 10.6 Å². The van der Waals surface area contributed by atoms with Gasteiger partial charge in [-0.1, -0.05) is 0 Å². The van der Waals surface area contributed by atoms with Crippen LogP contribution in [-0.2, 0) is 0 Å². The maximum absolute atomic E-state index is 11.6. The standard InChI is InChI=1S/C10H17N5O2S/c1-18-10(6-11)2-4-15(5-3-10)7-8(16)12-9(17)14-13-7/h2-6,11H2,1H3,(H2,12,14,16,17). The molecule has 0 amide bonds. The highest BCUT2D eigenvalue weighted by atomic mass is 32.2. The molecule has 0 aliphatic carbocycles. The van der Waals surface area contributed by atoms with Crippen molar-refractivity contribution in [3.8, 4) is 0 Å². The molecular formula is C10H17N5O2S. The minimum atomic E-state index is -0.582. The molecule has 1 fully saturated rings. The van der Waals surface area contributed by atoms with E-state index in [1.54, 1.807) is 11.8 Å². The summed E-state index contributed by atoms with van der Waals surface area (Å²) in [7, 11) is 0. The van der Waals surface area contributed by atoms with Crippen molar-refractivity contribution in [3.63, 3.8) is 0 Å². The molecule has 1 aromatic heterocycles. The van der Waals surface area contributed by atoms with E-state index in [0.29, 0.717) is 6.54 Å². The molecule has 1 aromatic rings. The number of H-pyrrole nitrogens is 2. The molecule has 1 saturated heterocycles. The highest BCUT2D eigenvalue weighted by Gasteiger charge is 2.33. The zero-order valence-corrected chi connectivity index (χ0v) is 11.0. The van der Waals surface area contributed by atoms with Crippen molar-refractivity contribution < 1.29 is 0 Å². The average molecular weight is 271 g/mol. The third kappa shape index (κ3) is 2.44. The van der Waals surface area contributed by atoms with Crippen molar-refractivity contribution in [1.29, 1.82) is 0 Å². The number of thioether (sulfide) groups is 1. The van der Waals surface area contributed by atoms with Gasteiger partial charge in [-0.3, -0.25) is 9.78 Å². The van der Waals surface area contributed by atoms with Gasteiger partial charge in [0, 0.05) is 24.4 Å². The molecule has 0 atom stereocenters. The van der Waals surface area contributed by atoms with Gasteiger partial charge in [-0.2, -0.15) is 11.8 Å². The van der Waals surface area contributed by atoms with Crippen LogP contribution in [0, 0.1) is 0 Å². The highest BCUT2D eigenvalue weighted by molar-refractivity contribution is 8.00. The van der Waals surface area contributed by atoms with Crippen molar-refractivity contribution in [2.75, 3.05) is 30.8 Å². The van der Waals surface area contributed by atoms with E-state index in [9.17, 15) is 9.59 Å². The molecule has 0 aromatic carbocycles. The molecule has 0 spiro atoms. The topological polar surface area (TPSA) is 108 Å². The Hall–Kier alpha value is -1.28. The van der Waals surface area contributed by atoms with Crippen molar-refractivity contribution in [2.45, 2.75) is 17.6 Å². The zero-order chi connectivity index (χ0) is 13.2. The number of aromatic amines is 2. The zero-order valence-electron chi connectivity index (χ0n) is 10.2. The predicted molar refractivity (Wildman–Crippen MR) is 72.2 cm³/mol. The molecule has 8 heteroatoms. The number of rotatable bonds is 3. The van der Waals surface area contributed by atoms with Gasteiger partial charge in [0.05, 0.1) is 0 Å². The van der Waals surface area contributed by atoms with Crippen molar-refractivity contribution in [1.82, 2.24) is 15.2 Å². The quantitative estimate of drug-likeness (QED) is 0.659. The Morgan fingerprint density at radius 2 is 2.11 bits per heavy atom. The third-order valence-electron chi connectivity index (χ3n) is 3.47. The summed E-state index contributed by atoms with van der Waals surface area (Å²) >= 11 is 1.78. The molecule has 0 radical (unpaired) electrons.